The zero-order valence-corrected chi connectivity index (χ0v) is 12.9. The van der Waals surface area contributed by atoms with Crippen LogP contribution in [0.2, 0.25) is 0 Å². The van der Waals surface area contributed by atoms with E-state index in [-0.39, 0.29) is 11.9 Å². The summed E-state index contributed by atoms with van der Waals surface area (Å²) in [4.78, 5) is 27.6. The highest BCUT2D eigenvalue weighted by Crippen LogP contribution is 2.28. The van der Waals surface area contributed by atoms with Crippen LogP contribution in [-0.4, -0.2) is 28.0 Å². The molecule has 116 valence electrons. The summed E-state index contributed by atoms with van der Waals surface area (Å²) in [6.07, 6.45) is 2.11. The molecule has 1 fully saturated rings. The predicted octanol–water partition coefficient (Wildman–Crippen LogP) is 2.69. The van der Waals surface area contributed by atoms with Crippen LogP contribution in [0, 0.1) is 12.8 Å². The lowest BCUT2D eigenvalue weighted by Crippen LogP contribution is -2.40. The fraction of sp³-hybridized carbons (Fsp3) is 0.400. The maximum absolute atomic E-state index is 12.2. The molecule has 2 heterocycles. The normalized spacial score (nSPS) is 21.0. The molecular weight excluding hydrogens is 304 g/mol. The lowest BCUT2D eigenvalue weighted by atomic mass is 10.0. The van der Waals surface area contributed by atoms with E-state index in [0.29, 0.717) is 29.3 Å². The van der Waals surface area contributed by atoms with Gasteiger partial charge in [0.15, 0.2) is 10.8 Å². The predicted molar refractivity (Wildman–Crippen MR) is 80.8 cm³/mol. The zero-order chi connectivity index (χ0) is 15.7. The fourth-order valence-corrected chi connectivity index (χ4v) is 3.47. The third-order valence-corrected chi connectivity index (χ3v) is 4.69. The summed E-state index contributed by atoms with van der Waals surface area (Å²) in [6.45, 7) is 1.84. The quantitative estimate of drug-likeness (QED) is 0.903. The Morgan fingerprint density at radius 2 is 2.23 bits per heavy atom. The van der Waals surface area contributed by atoms with Gasteiger partial charge in [-0.05, 0) is 31.9 Å². The molecule has 0 aliphatic heterocycles. The number of rotatable bonds is 4. The molecular formula is C15H16N2O4S. The van der Waals surface area contributed by atoms with E-state index < -0.39 is 11.9 Å². The van der Waals surface area contributed by atoms with Crippen molar-refractivity contribution < 1.29 is 19.1 Å². The Labute approximate surface area is 131 Å². The molecule has 1 saturated carbocycles. The maximum atomic E-state index is 12.2. The Morgan fingerprint density at radius 3 is 2.91 bits per heavy atom. The van der Waals surface area contributed by atoms with E-state index in [4.69, 9.17) is 9.52 Å². The van der Waals surface area contributed by atoms with Gasteiger partial charge in [-0.25, -0.2) is 4.98 Å². The number of aromatic nitrogens is 1. The molecule has 0 spiro atoms. The van der Waals surface area contributed by atoms with Gasteiger partial charge in [0.05, 0.1) is 5.92 Å². The summed E-state index contributed by atoms with van der Waals surface area (Å²) in [5.41, 5.74) is 0.296. The third-order valence-electron chi connectivity index (χ3n) is 3.84. The summed E-state index contributed by atoms with van der Waals surface area (Å²) in [5.74, 6) is -0.274. The van der Waals surface area contributed by atoms with Gasteiger partial charge in [-0.15, -0.1) is 11.3 Å². The van der Waals surface area contributed by atoms with Gasteiger partial charge in [-0.3, -0.25) is 9.59 Å². The van der Waals surface area contributed by atoms with Crippen molar-refractivity contribution in [1.29, 1.82) is 0 Å². The van der Waals surface area contributed by atoms with Gasteiger partial charge in [-0.1, -0.05) is 6.42 Å². The first kappa shape index (κ1) is 14.8. The van der Waals surface area contributed by atoms with Crippen molar-refractivity contribution in [2.24, 2.45) is 5.92 Å². The number of nitrogens with zero attached hydrogens (tertiary/aromatic N) is 1. The molecule has 1 aliphatic carbocycles. The fourth-order valence-electron chi connectivity index (χ4n) is 2.71. The number of hydrogen-bond acceptors (Lipinski definition) is 5. The molecule has 22 heavy (non-hydrogen) atoms. The van der Waals surface area contributed by atoms with E-state index in [1.54, 1.807) is 5.38 Å². The molecule has 2 N–H and O–H groups in total. The van der Waals surface area contributed by atoms with Crippen LogP contribution in [0.25, 0.3) is 10.8 Å². The van der Waals surface area contributed by atoms with E-state index >= 15 is 0 Å². The van der Waals surface area contributed by atoms with Crippen molar-refractivity contribution in [2.75, 3.05) is 0 Å². The van der Waals surface area contributed by atoms with E-state index in [9.17, 15) is 9.59 Å². The molecule has 2 aromatic heterocycles. The second-order valence-electron chi connectivity index (χ2n) is 5.40. The summed E-state index contributed by atoms with van der Waals surface area (Å²) >= 11 is 1.33. The number of aryl methyl sites for hydroxylation is 1. The van der Waals surface area contributed by atoms with Gasteiger partial charge < -0.3 is 14.8 Å². The molecule has 3 rings (SSSR count). The second kappa shape index (κ2) is 5.92. The minimum absolute atomic E-state index is 0.296. The molecule has 7 heteroatoms. The molecule has 6 nitrogen and oxygen atoms in total. The molecule has 2 atom stereocenters. The average Bonchev–Trinajstić information content (AvgIpc) is 3.16. The van der Waals surface area contributed by atoms with Crippen LogP contribution >= 0.6 is 11.3 Å². The number of carbonyl (C=O) groups excluding carboxylic acids is 1. The van der Waals surface area contributed by atoms with Crippen LogP contribution in [-0.2, 0) is 4.79 Å². The van der Waals surface area contributed by atoms with E-state index in [0.717, 1.165) is 12.2 Å². The highest BCUT2D eigenvalue weighted by Gasteiger charge is 2.34. The molecule has 0 bridgehead atoms. The Kier molecular flexibility index (Phi) is 3.98. The van der Waals surface area contributed by atoms with E-state index in [1.807, 2.05) is 19.1 Å². The summed E-state index contributed by atoms with van der Waals surface area (Å²) in [7, 11) is 0. The number of hydrogen-bond donors (Lipinski definition) is 2. The molecule has 2 aromatic rings. The van der Waals surface area contributed by atoms with Gasteiger partial charge in [0.2, 0.25) is 0 Å². The average molecular weight is 320 g/mol. The topological polar surface area (TPSA) is 92.4 Å². The van der Waals surface area contributed by atoms with E-state index in [2.05, 4.69) is 10.3 Å². The van der Waals surface area contributed by atoms with Crippen molar-refractivity contribution in [1.82, 2.24) is 10.3 Å². The standard InChI is InChI=1S/C15H16N2O4S/c1-8-5-6-12(21-8)14-17-11(7-22-14)13(18)16-10-4-2-3-9(10)15(19)20/h5-7,9-10H,2-4H2,1H3,(H,16,18)(H,19,20)/t9-,10+/m0/s1. The van der Waals surface area contributed by atoms with Crippen molar-refractivity contribution in [3.8, 4) is 10.8 Å². The summed E-state index contributed by atoms with van der Waals surface area (Å²) < 4.78 is 5.48. The van der Waals surface area contributed by atoms with Crippen LogP contribution in [0.15, 0.2) is 21.9 Å². The van der Waals surface area contributed by atoms with Crippen molar-refractivity contribution in [2.45, 2.75) is 32.2 Å². The highest BCUT2D eigenvalue weighted by atomic mass is 32.1. The first-order chi connectivity index (χ1) is 10.5. The van der Waals surface area contributed by atoms with Crippen LogP contribution in [0.5, 0.6) is 0 Å². The minimum Gasteiger partial charge on any atom is -0.481 e. The van der Waals surface area contributed by atoms with Crippen LogP contribution in [0.4, 0.5) is 0 Å². The van der Waals surface area contributed by atoms with E-state index in [1.165, 1.54) is 11.3 Å². The summed E-state index contributed by atoms with van der Waals surface area (Å²) in [6, 6.07) is 3.33. The number of nitrogens with one attached hydrogen (secondary N) is 1. The Bertz CT molecular complexity index is 706. The van der Waals surface area contributed by atoms with Crippen molar-refractivity contribution in [3.05, 3.63) is 29.0 Å². The minimum atomic E-state index is -0.854. The highest BCUT2D eigenvalue weighted by molar-refractivity contribution is 7.13. The molecule has 0 radical (unpaired) electrons. The molecule has 0 unspecified atom stereocenters. The first-order valence-electron chi connectivity index (χ1n) is 7.10. The molecule has 0 aromatic carbocycles. The second-order valence-corrected chi connectivity index (χ2v) is 6.26. The Balaban J connectivity index is 1.71. The number of amides is 1. The van der Waals surface area contributed by atoms with Crippen LogP contribution in [0.1, 0.15) is 35.5 Å². The number of thiazole rings is 1. The van der Waals surface area contributed by atoms with Gasteiger partial charge in [0.25, 0.3) is 5.91 Å². The number of carboxylic acids is 1. The molecule has 0 saturated heterocycles. The summed E-state index contributed by atoms with van der Waals surface area (Å²) in [5, 5.41) is 14.2. The first-order valence-corrected chi connectivity index (χ1v) is 7.98. The maximum Gasteiger partial charge on any atom is 0.308 e. The SMILES string of the molecule is Cc1ccc(-c2nc(C(=O)N[C@@H]3CCC[C@@H]3C(=O)O)cs2)o1. The molecule has 1 aliphatic rings. The van der Waals surface area contributed by atoms with Gasteiger partial charge in [0, 0.05) is 11.4 Å². The van der Waals surface area contributed by atoms with Gasteiger partial charge in [0.1, 0.15) is 11.5 Å². The van der Waals surface area contributed by atoms with Crippen LogP contribution < -0.4 is 5.32 Å². The number of furan rings is 1. The van der Waals surface area contributed by atoms with Crippen molar-refractivity contribution >= 4 is 23.2 Å². The van der Waals surface area contributed by atoms with Gasteiger partial charge >= 0.3 is 5.97 Å². The Hall–Kier alpha value is -2.15. The smallest absolute Gasteiger partial charge is 0.308 e. The Morgan fingerprint density at radius 1 is 1.41 bits per heavy atom. The lowest BCUT2D eigenvalue weighted by Gasteiger charge is -2.16. The zero-order valence-electron chi connectivity index (χ0n) is 12.0. The van der Waals surface area contributed by atoms with Crippen molar-refractivity contribution in [3.63, 3.8) is 0 Å². The lowest BCUT2D eigenvalue weighted by molar-refractivity contribution is -0.142. The monoisotopic (exact) mass is 320 g/mol. The largest absolute Gasteiger partial charge is 0.481 e. The number of carbonyl (C=O) groups is 2. The number of carboxylic acid groups (broad SMARTS) is 1. The number of aliphatic carboxylic acids is 1. The van der Waals surface area contributed by atoms with Gasteiger partial charge in [-0.2, -0.15) is 0 Å². The third kappa shape index (κ3) is 2.89. The molecule has 1 amide bonds. The van der Waals surface area contributed by atoms with Crippen LogP contribution in [0.3, 0.4) is 0 Å².